The first-order valence-corrected chi connectivity index (χ1v) is 9.59. The fraction of sp³-hybridized carbons (Fsp3) is 0.944. The number of carbonyl (C=O) groups excluding carboxylic acids is 1. The minimum absolute atomic E-state index is 0.0773. The highest BCUT2D eigenvalue weighted by atomic mass is 16.5. The molecule has 0 aromatic heterocycles. The van der Waals surface area contributed by atoms with Gasteiger partial charge in [0.2, 0.25) is 5.91 Å². The molecule has 7 heteroatoms. The number of hydrogen-bond donors (Lipinski definition) is 2. The molecule has 150 valence electrons. The van der Waals surface area contributed by atoms with Crippen LogP contribution in [0.15, 0.2) is 0 Å². The molecule has 25 heavy (non-hydrogen) atoms. The highest BCUT2D eigenvalue weighted by molar-refractivity contribution is 5.75. The summed E-state index contributed by atoms with van der Waals surface area (Å²) in [4.78, 5) is 11.5. The van der Waals surface area contributed by atoms with Crippen molar-refractivity contribution in [1.82, 2.24) is 10.6 Å². The molecule has 0 unspecified atom stereocenters. The van der Waals surface area contributed by atoms with E-state index in [0.29, 0.717) is 59.2 Å². The zero-order valence-electron chi connectivity index (χ0n) is 16.1. The Morgan fingerprint density at radius 1 is 0.720 bits per heavy atom. The predicted molar refractivity (Wildman–Crippen MR) is 99.0 cm³/mol. The van der Waals surface area contributed by atoms with Gasteiger partial charge < -0.3 is 29.6 Å². The van der Waals surface area contributed by atoms with Gasteiger partial charge in [0.05, 0.1) is 26.4 Å². The number of carbonyl (C=O) groups is 1. The molecule has 0 aromatic rings. The lowest BCUT2D eigenvalue weighted by molar-refractivity contribution is -0.121. The Bertz CT molecular complexity index is 280. The fourth-order valence-corrected chi connectivity index (χ4v) is 1.99. The molecule has 1 amide bonds. The van der Waals surface area contributed by atoms with Crippen LogP contribution >= 0.6 is 0 Å². The lowest BCUT2D eigenvalue weighted by atomic mass is 10.3. The topological polar surface area (TPSA) is 78.0 Å². The minimum Gasteiger partial charge on any atom is -0.382 e. The molecule has 0 saturated carbocycles. The second kappa shape index (κ2) is 21.3. The average Bonchev–Trinajstić information content (AvgIpc) is 2.62. The van der Waals surface area contributed by atoms with Gasteiger partial charge in [-0.2, -0.15) is 0 Å². The molecule has 0 heterocycles. The van der Waals surface area contributed by atoms with Crippen LogP contribution in [0, 0.1) is 0 Å². The molecular formula is C18H38N2O5. The summed E-state index contributed by atoms with van der Waals surface area (Å²) in [5.41, 5.74) is 0. The zero-order chi connectivity index (χ0) is 18.4. The monoisotopic (exact) mass is 362 g/mol. The van der Waals surface area contributed by atoms with E-state index in [0.717, 1.165) is 39.0 Å². The van der Waals surface area contributed by atoms with Gasteiger partial charge in [-0.3, -0.25) is 4.79 Å². The number of amides is 1. The van der Waals surface area contributed by atoms with Gasteiger partial charge in [-0.05, 0) is 39.3 Å². The Hall–Kier alpha value is -0.730. The van der Waals surface area contributed by atoms with E-state index in [1.54, 1.807) is 0 Å². The fourth-order valence-electron chi connectivity index (χ4n) is 1.99. The average molecular weight is 363 g/mol. The van der Waals surface area contributed by atoms with Crippen molar-refractivity contribution in [3.05, 3.63) is 0 Å². The van der Waals surface area contributed by atoms with Gasteiger partial charge in [0.1, 0.15) is 0 Å². The second-order valence-corrected chi connectivity index (χ2v) is 5.55. The van der Waals surface area contributed by atoms with E-state index in [1.807, 2.05) is 6.92 Å². The van der Waals surface area contributed by atoms with Crippen LogP contribution in [0.1, 0.15) is 39.5 Å². The number of rotatable bonds is 20. The Morgan fingerprint density at radius 2 is 1.28 bits per heavy atom. The van der Waals surface area contributed by atoms with Crippen LogP contribution in [-0.4, -0.2) is 78.4 Å². The molecule has 0 saturated heterocycles. The molecule has 0 spiro atoms. The van der Waals surface area contributed by atoms with Gasteiger partial charge in [0.15, 0.2) is 0 Å². The summed E-state index contributed by atoms with van der Waals surface area (Å²) in [7, 11) is 0. The lowest BCUT2D eigenvalue weighted by Crippen LogP contribution is -2.25. The maximum atomic E-state index is 11.5. The molecule has 2 N–H and O–H groups in total. The lowest BCUT2D eigenvalue weighted by Gasteiger charge is -2.08. The SMILES string of the molecule is CCNCCCOCCOCCOCCCNC(=O)CCCOCC. The molecule has 0 aliphatic rings. The van der Waals surface area contributed by atoms with Crippen molar-refractivity contribution >= 4 is 5.91 Å². The van der Waals surface area contributed by atoms with Crippen LogP contribution in [0.5, 0.6) is 0 Å². The third-order valence-electron chi connectivity index (χ3n) is 3.32. The van der Waals surface area contributed by atoms with Crippen LogP contribution < -0.4 is 10.6 Å². The molecule has 0 aliphatic heterocycles. The van der Waals surface area contributed by atoms with E-state index in [1.165, 1.54) is 0 Å². The number of hydrogen-bond acceptors (Lipinski definition) is 6. The minimum atomic E-state index is 0.0773. The molecule has 0 bridgehead atoms. The normalized spacial score (nSPS) is 11.0. The van der Waals surface area contributed by atoms with Crippen molar-refractivity contribution in [2.75, 3.05) is 72.5 Å². The van der Waals surface area contributed by atoms with Gasteiger partial charge in [0.25, 0.3) is 0 Å². The van der Waals surface area contributed by atoms with Crippen LogP contribution in [0.2, 0.25) is 0 Å². The maximum Gasteiger partial charge on any atom is 0.220 e. The van der Waals surface area contributed by atoms with Crippen molar-refractivity contribution in [3.8, 4) is 0 Å². The van der Waals surface area contributed by atoms with Crippen molar-refractivity contribution in [2.24, 2.45) is 0 Å². The van der Waals surface area contributed by atoms with E-state index in [2.05, 4.69) is 17.6 Å². The van der Waals surface area contributed by atoms with Crippen molar-refractivity contribution < 1.29 is 23.7 Å². The largest absolute Gasteiger partial charge is 0.382 e. The molecule has 0 rings (SSSR count). The molecule has 0 aliphatic carbocycles. The first-order valence-electron chi connectivity index (χ1n) is 9.59. The molecule has 7 nitrogen and oxygen atoms in total. The molecule has 0 radical (unpaired) electrons. The molecule has 0 atom stereocenters. The summed E-state index contributed by atoms with van der Waals surface area (Å²) in [5, 5.41) is 6.13. The Kier molecular flexibility index (Phi) is 20.7. The van der Waals surface area contributed by atoms with Gasteiger partial charge in [-0.1, -0.05) is 6.92 Å². The summed E-state index contributed by atoms with van der Waals surface area (Å²) >= 11 is 0. The third-order valence-corrected chi connectivity index (χ3v) is 3.32. The van der Waals surface area contributed by atoms with E-state index in [4.69, 9.17) is 18.9 Å². The van der Waals surface area contributed by atoms with E-state index in [-0.39, 0.29) is 5.91 Å². The summed E-state index contributed by atoms with van der Waals surface area (Å²) in [6.45, 7) is 11.8. The zero-order valence-corrected chi connectivity index (χ0v) is 16.1. The van der Waals surface area contributed by atoms with E-state index in [9.17, 15) is 4.79 Å². The van der Waals surface area contributed by atoms with Gasteiger partial charge in [-0.25, -0.2) is 0 Å². The predicted octanol–water partition coefficient (Wildman–Crippen LogP) is 1.36. The Labute approximate surface area is 153 Å². The third kappa shape index (κ3) is 21.2. The number of ether oxygens (including phenoxy) is 4. The molecule has 0 aromatic carbocycles. The summed E-state index contributed by atoms with van der Waals surface area (Å²) in [5.74, 6) is 0.0773. The van der Waals surface area contributed by atoms with Crippen molar-refractivity contribution in [1.29, 1.82) is 0 Å². The van der Waals surface area contributed by atoms with Crippen LogP contribution in [0.3, 0.4) is 0 Å². The summed E-state index contributed by atoms with van der Waals surface area (Å²) in [6, 6.07) is 0. The first kappa shape index (κ1) is 24.3. The van der Waals surface area contributed by atoms with Crippen molar-refractivity contribution in [2.45, 2.75) is 39.5 Å². The summed E-state index contributed by atoms with van der Waals surface area (Å²) in [6.07, 6.45) is 3.13. The smallest absolute Gasteiger partial charge is 0.220 e. The second-order valence-electron chi connectivity index (χ2n) is 5.55. The quantitative estimate of drug-likeness (QED) is 0.319. The van der Waals surface area contributed by atoms with Gasteiger partial charge >= 0.3 is 0 Å². The van der Waals surface area contributed by atoms with Gasteiger partial charge in [0, 0.05) is 39.4 Å². The van der Waals surface area contributed by atoms with Crippen LogP contribution in [-0.2, 0) is 23.7 Å². The highest BCUT2D eigenvalue weighted by Crippen LogP contribution is 1.91. The first-order chi connectivity index (χ1) is 12.3. The molecule has 0 fully saturated rings. The standard InChI is InChI=1S/C18H38N2O5/c1-3-19-9-6-12-23-14-16-25-17-15-24-13-7-10-20-18(21)8-5-11-22-4-2/h19H,3-17H2,1-2H3,(H,20,21). The number of nitrogens with one attached hydrogen (secondary N) is 2. The Balaban J connectivity index is 3.08. The maximum absolute atomic E-state index is 11.5. The van der Waals surface area contributed by atoms with Crippen LogP contribution in [0.4, 0.5) is 0 Å². The van der Waals surface area contributed by atoms with E-state index >= 15 is 0 Å². The van der Waals surface area contributed by atoms with Crippen molar-refractivity contribution in [3.63, 3.8) is 0 Å². The summed E-state index contributed by atoms with van der Waals surface area (Å²) < 4.78 is 21.5. The van der Waals surface area contributed by atoms with E-state index < -0.39 is 0 Å². The van der Waals surface area contributed by atoms with Gasteiger partial charge in [-0.15, -0.1) is 0 Å². The molecular weight excluding hydrogens is 324 g/mol. The van der Waals surface area contributed by atoms with Crippen LogP contribution in [0.25, 0.3) is 0 Å². The highest BCUT2D eigenvalue weighted by Gasteiger charge is 2.00. The Morgan fingerprint density at radius 3 is 1.88 bits per heavy atom.